The van der Waals surface area contributed by atoms with Crippen molar-refractivity contribution in [1.82, 2.24) is 0 Å². The summed E-state index contributed by atoms with van der Waals surface area (Å²) in [6.07, 6.45) is 0. The van der Waals surface area contributed by atoms with Gasteiger partial charge in [-0.3, -0.25) is 0 Å². The molecule has 0 bridgehead atoms. The topological polar surface area (TPSA) is 94.5 Å². The van der Waals surface area contributed by atoms with E-state index in [4.69, 9.17) is 0 Å². The molecule has 1 unspecified atom stereocenters. The Morgan fingerprint density at radius 2 is 0.667 bits per heavy atom. The van der Waals surface area contributed by atoms with Crippen molar-refractivity contribution in [1.29, 1.82) is 0 Å². The van der Waals surface area contributed by atoms with Gasteiger partial charge in [-0.2, -0.15) is 9.90 Å². The normalized spacial score (nSPS) is 0. The molecule has 0 aromatic carbocycles. The summed E-state index contributed by atoms with van der Waals surface area (Å²) in [6, 6.07) is 0. The fourth-order valence-corrected chi connectivity index (χ4v) is 0. The summed E-state index contributed by atoms with van der Waals surface area (Å²) < 4.78 is 0. The number of rotatable bonds is 0. The van der Waals surface area contributed by atoms with E-state index in [1.807, 2.05) is 0 Å². The van der Waals surface area contributed by atoms with Crippen LogP contribution in [0.2, 0.25) is 0 Å². The molecule has 6 heteroatoms. The second-order valence-electron chi connectivity index (χ2n) is 0. The summed E-state index contributed by atoms with van der Waals surface area (Å²) >= 11 is 0. The van der Waals surface area contributed by atoms with E-state index in [0.29, 0.717) is 0 Å². The van der Waals surface area contributed by atoms with Crippen molar-refractivity contribution >= 4 is 28.8 Å². The summed E-state index contributed by atoms with van der Waals surface area (Å²) in [5.74, 6) is 0. The molecule has 0 rings (SSSR count). The Hall–Kier alpha value is 1.44. The number of hydrogen-bond donors (Lipinski definition) is 0. The molecule has 6 heavy (non-hydrogen) atoms. The average Bonchev–Trinajstić information content (AvgIpc) is 0. The van der Waals surface area contributed by atoms with Crippen molar-refractivity contribution in [2.75, 3.05) is 0 Å². The molecule has 0 saturated heterocycles. The van der Waals surface area contributed by atoms with Gasteiger partial charge in [0.2, 0.25) is 0 Å². The Bertz CT molecular complexity index is 10.8. The van der Waals surface area contributed by atoms with Crippen molar-refractivity contribution in [2.45, 2.75) is 0 Å². The minimum Gasteiger partial charge on any atom is -0.412 e. The van der Waals surface area contributed by atoms with Crippen molar-refractivity contribution in [3.05, 3.63) is 0 Å². The van der Waals surface area contributed by atoms with E-state index in [1.165, 1.54) is 0 Å². The summed E-state index contributed by atoms with van der Waals surface area (Å²) in [5.41, 5.74) is 0. The van der Waals surface area contributed by atoms with Crippen molar-refractivity contribution < 1.29 is 33.8 Å². The summed E-state index contributed by atoms with van der Waals surface area (Å²) in [6.45, 7) is 0. The van der Waals surface area contributed by atoms with Gasteiger partial charge in [-0.05, 0) is 0 Å². The smallest absolute Gasteiger partial charge is 0 e. The first-order valence-corrected chi connectivity index (χ1v) is 0. The summed E-state index contributed by atoms with van der Waals surface area (Å²) in [5, 5.41) is 0. The maximum atomic E-state index is 0. The van der Waals surface area contributed by atoms with Gasteiger partial charge in [-0.1, -0.05) is 0 Å². The zero-order valence-corrected chi connectivity index (χ0v) is 6.30. The molecule has 0 saturated carbocycles. The first-order chi connectivity index (χ1) is 0. The Balaban J connectivity index is 0. The zero-order chi connectivity index (χ0) is 0. The van der Waals surface area contributed by atoms with E-state index in [2.05, 4.69) is 0 Å². The molecular weight excluding hydrogens is 138 g/mol. The summed E-state index contributed by atoms with van der Waals surface area (Å²) in [7, 11) is 0. The van der Waals surface area contributed by atoms with E-state index < -0.39 is 0 Å². The van der Waals surface area contributed by atoms with Crippen LogP contribution in [0.4, 0.5) is 0 Å². The molecule has 3 nitrogen and oxygen atoms in total. The molecule has 0 fully saturated rings. The first kappa shape index (κ1) is 149. The van der Waals surface area contributed by atoms with Crippen LogP contribution in [-0.2, 0) is 17.4 Å². The third kappa shape index (κ3) is 51.7. The predicted octanol–water partition coefficient (Wildman–Crippen LogP) is -2.80. The van der Waals surface area contributed by atoms with Gasteiger partial charge in [0.05, 0.1) is 0 Å². The molecule has 0 aromatic rings. The van der Waals surface area contributed by atoms with Crippen LogP contribution in [0.5, 0.6) is 0 Å². The molecule has 0 spiro atoms. The van der Waals surface area contributed by atoms with Gasteiger partial charge < -0.3 is 16.4 Å². The molecule has 1 atom stereocenters. The molecule has 0 aliphatic heterocycles. The van der Waals surface area contributed by atoms with E-state index in [0.717, 1.165) is 0 Å². The van der Waals surface area contributed by atoms with E-state index in [-0.39, 0.29) is 62.5 Å². The second kappa shape index (κ2) is 91.9. The van der Waals surface area contributed by atoms with Crippen LogP contribution in [0.25, 0.3) is 0 Å². The fourth-order valence-electron chi connectivity index (χ4n) is 0. The van der Waals surface area contributed by atoms with Crippen molar-refractivity contribution in [2.24, 2.45) is 0 Å². The van der Waals surface area contributed by atoms with Gasteiger partial charge in [-0.25, -0.2) is 0 Å². The molecule has 6 N–H and O–H groups in total. The Morgan fingerprint density at radius 1 is 0.667 bits per heavy atom. The minimum absolute atomic E-state index is 0. The maximum Gasteiger partial charge on any atom is 0 e. The molecular formula is H9CrLiO3P. The van der Waals surface area contributed by atoms with Crippen LogP contribution in [0.15, 0.2) is 0 Å². The molecule has 0 aromatic heterocycles. The molecule has 1 radical (unpaired) electrons. The standard InChI is InChI=1S/Cr.Li.3H2O.H3P/h;;3*1H2;1H3. The molecule has 0 amide bonds. The van der Waals surface area contributed by atoms with Gasteiger partial charge in [0.15, 0.2) is 0 Å². The van der Waals surface area contributed by atoms with Gasteiger partial charge >= 0.3 is 0 Å². The van der Waals surface area contributed by atoms with Gasteiger partial charge in [0, 0.05) is 36.2 Å². The minimum atomic E-state index is 0. The van der Waals surface area contributed by atoms with Gasteiger partial charge in [0.25, 0.3) is 0 Å². The quantitative estimate of drug-likeness (QED) is 0.261. The van der Waals surface area contributed by atoms with Crippen LogP contribution >= 0.6 is 9.90 Å². The Labute approximate surface area is 62.7 Å². The molecule has 0 heterocycles. The van der Waals surface area contributed by atoms with Crippen LogP contribution in [0.1, 0.15) is 0 Å². The van der Waals surface area contributed by atoms with Gasteiger partial charge in [0.1, 0.15) is 0 Å². The summed E-state index contributed by atoms with van der Waals surface area (Å²) in [4.78, 5) is 0. The molecule has 0 aliphatic rings. The molecule has 39 valence electrons. The second-order valence-corrected chi connectivity index (χ2v) is 0. The van der Waals surface area contributed by atoms with Crippen molar-refractivity contribution in [3.8, 4) is 0 Å². The van der Waals surface area contributed by atoms with Crippen molar-refractivity contribution in [3.63, 3.8) is 0 Å². The monoisotopic (exact) mass is 147 g/mol. The maximum absolute atomic E-state index is 0. The number of hydrogen-bond acceptors (Lipinski definition) is 0. The SMILES string of the molecule is O.O.O.P.[Cr].[Li]. The average molecular weight is 147 g/mol. The van der Waals surface area contributed by atoms with Gasteiger partial charge in [-0.15, -0.1) is 0 Å². The fraction of sp³-hybridized carbons (Fsp3) is 0. The van der Waals surface area contributed by atoms with E-state index in [1.54, 1.807) is 0 Å². The Kier molecular flexibility index (Phi) is 2280. The first-order valence-electron chi connectivity index (χ1n) is 0. The van der Waals surface area contributed by atoms with Crippen LogP contribution in [-0.4, -0.2) is 35.3 Å². The van der Waals surface area contributed by atoms with Crippen LogP contribution in [0.3, 0.4) is 0 Å². The largest absolute Gasteiger partial charge is 0.412 e. The van der Waals surface area contributed by atoms with E-state index >= 15 is 0 Å². The van der Waals surface area contributed by atoms with E-state index in [9.17, 15) is 0 Å². The van der Waals surface area contributed by atoms with Crippen LogP contribution < -0.4 is 0 Å². The third-order valence-corrected chi connectivity index (χ3v) is 0. The molecule has 0 aliphatic carbocycles. The third-order valence-electron chi connectivity index (χ3n) is 0. The Morgan fingerprint density at radius 3 is 0.667 bits per heavy atom. The predicted molar refractivity (Wildman–Crippen MR) is 27.7 cm³/mol. The van der Waals surface area contributed by atoms with Crippen LogP contribution in [0, 0.1) is 0 Å². The zero-order valence-electron chi connectivity index (χ0n) is 3.62.